The number of amides is 1. The van der Waals surface area contributed by atoms with Crippen LogP contribution in [0.1, 0.15) is 31.9 Å². The fourth-order valence-electron chi connectivity index (χ4n) is 2.11. The van der Waals surface area contributed by atoms with E-state index in [9.17, 15) is 9.90 Å². The number of aromatic hydroxyl groups is 1. The van der Waals surface area contributed by atoms with Crippen molar-refractivity contribution in [1.29, 1.82) is 0 Å². The molecule has 110 valence electrons. The minimum Gasteiger partial charge on any atom is -0.508 e. The molecule has 0 aliphatic rings. The number of carbonyl (C=O) groups is 1. The molecular formula is C18H21NO2. The first-order valence-corrected chi connectivity index (χ1v) is 7.03. The van der Waals surface area contributed by atoms with Crippen molar-refractivity contribution in [2.24, 2.45) is 0 Å². The maximum absolute atomic E-state index is 12.0. The average molecular weight is 283 g/mol. The molecule has 0 heterocycles. The maximum atomic E-state index is 12.0. The monoisotopic (exact) mass is 283 g/mol. The van der Waals surface area contributed by atoms with Gasteiger partial charge in [0.05, 0.1) is 6.42 Å². The Labute approximate surface area is 125 Å². The van der Waals surface area contributed by atoms with Crippen LogP contribution in [-0.4, -0.2) is 11.0 Å². The van der Waals surface area contributed by atoms with Crippen molar-refractivity contribution in [3.05, 3.63) is 59.7 Å². The quantitative estimate of drug-likeness (QED) is 0.898. The molecule has 3 nitrogen and oxygen atoms in total. The molecule has 0 saturated carbocycles. The Kier molecular flexibility index (Phi) is 4.32. The van der Waals surface area contributed by atoms with Gasteiger partial charge in [0.25, 0.3) is 0 Å². The van der Waals surface area contributed by atoms with Crippen LogP contribution < -0.4 is 5.32 Å². The van der Waals surface area contributed by atoms with Gasteiger partial charge in [0.2, 0.25) is 5.91 Å². The number of carbonyl (C=O) groups excluding carboxylic acids is 1. The Hall–Kier alpha value is -2.29. The summed E-state index contributed by atoms with van der Waals surface area (Å²) in [7, 11) is 0. The molecule has 3 heteroatoms. The molecule has 0 aliphatic heterocycles. The summed E-state index contributed by atoms with van der Waals surface area (Å²) in [6.45, 7) is 6.47. The van der Waals surface area contributed by atoms with Crippen LogP contribution in [0.25, 0.3) is 0 Å². The second-order valence-electron chi connectivity index (χ2n) is 6.22. The number of hydrogen-bond acceptors (Lipinski definition) is 2. The molecule has 0 saturated heterocycles. The predicted octanol–water partition coefficient (Wildman–Crippen LogP) is 3.87. The Bertz CT molecular complexity index is 624. The molecule has 2 aromatic carbocycles. The number of phenolic OH excluding ortho intramolecular Hbond substituents is 1. The van der Waals surface area contributed by atoms with Gasteiger partial charge in [0.1, 0.15) is 5.75 Å². The third kappa shape index (κ3) is 4.35. The summed E-state index contributed by atoms with van der Waals surface area (Å²) in [5.74, 6) is 0.0824. The van der Waals surface area contributed by atoms with Crippen molar-refractivity contribution in [3.8, 4) is 5.75 Å². The SMILES string of the molecule is CC(C)(C)c1ccc(NC(=O)Cc2cccc(O)c2)cc1. The van der Waals surface area contributed by atoms with Gasteiger partial charge < -0.3 is 10.4 Å². The van der Waals surface area contributed by atoms with Gasteiger partial charge in [-0.1, -0.05) is 45.0 Å². The number of benzene rings is 2. The van der Waals surface area contributed by atoms with E-state index in [4.69, 9.17) is 0 Å². The van der Waals surface area contributed by atoms with Crippen LogP contribution in [0.2, 0.25) is 0 Å². The Morgan fingerprint density at radius 3 is 2.33 bits per heavy atom. The zero-order valence-electron chi connectivity index (χ0n) is 12.7. The molecule has 0 aliphatic carbocycles. The lowest BCUT2D eigenvalue weighted by molar-refractivity contribution is -0.115. The third-order valence-electron chi connectivity index (χ3n) is 3.31. The number of phenols is 1. The molecule has 0 radical (unpaired) electrons. The molecular weight excluding hydrogens is 262 g/mol. The molecule has 2 aromatic rings. The van der Waals surface area contributed by atoms with Gasteiger partial charge >= 0.3 is 0 Å². The van der Waals surface area contributed by atoms with Crippen molar-refractivity contribution < 1.29 is 9.90 Å². The van der Waals surface area contributed by atoms with E-state index >= 15 is 0 Å². The molecule has 0 fully saturated rings. The maximum Gasteiger partial charge on any atom is 0.228 e. The first kappa shape index (κ1) is 15.1. The van der Waals surface area contributed by atoms with Gasteiger partial charge in [-0.15, -0.1) is 0 Å². The largest absolute Gasteiger partial charge is 0.508 e. The number of nitrogens with one attached hydrogen (secondary N) is 1. The second kappa shape index (κ2) is 6.00. The Morgan fingerprint density at radius 2 is 1.76 bits per heavy atom. The van der Waals surface area contributed by atoms with Gasteiger partial charge in [0.15, 0.2) is 0 Å². The highest BCUT2D eigenvalue weighted by Gasteiger charge is 2.13. The lowest BCUT2D eigenvalue weighted by Crippen LogP contribution is -2.15. The van der Waals surface area contributed by atoms with E-state index in [1.54, 1.807) is 18.2 Å². The summed E-state index contributed by atoms with van der Waals surface area (Å²) < 4.78 is 0. The molecule has 2 N–H and O–H groups in total. The highest BCUT2D eigenvalue weighted by molar-refractivity contribution is 5.92. The van der Waals surface area contributed by atoms with Crippen molar-refractivity contribution in [2.75, 3.05) is 5.32 Å². The van der Waals surface area contributed by atoms with Crippen LogP contribution in [0, 0.1) is 0 Å². The summed E-state index contributed by atoms with van der Waals surface area (Å²) in [6.07, 6.45) is 0.245. The van der Waals surface area contributed by atoms with Crippen LogP contribution in [0.4, 0.5) is 5.69 Å². The van der Waals surface area contributed by atoms with Crippen molar-refractivity contribution in [2.45, 2.75) is 32.6 Å². The van der Waals surface area contributed by atoms with E-state index in [0.717, 1.165) is 11.3 Å². The normalized spacial score (nSPS) is 11.2. The number of anilines is 1. The highest BCUT2D eigenvalue weighted by Crippen LogP contribution is 2.23. The fourth-order valence-corrected chi connectivity index (χ4v) is 2.11. The second-order valence-corrected chi connectivity index (χ2v) is 6.22. The van der Waals surface area contributed by atoms with Crippen molar-refractivity contribution in [1.82, 2.24) is 0 Å². The van der Waals surface area contributed by atoms with E-state index in [1.807, 2.05) is 30.3 Å². The Morgan fingerprint density at radius 1 is 1.10 bits per heavy atom. The van der Waals surface area contributed by atoms with Gasteiger partial charge in [-0.2, -0.15) is 0 Å². The molecule has 0 bridgehead atoms. The topological polar surface area (TPSA) is 49.3 Å². The molecule has 21 heavy (non-hydrogen) atoms. The Balaban J connectivity index is 2.00. The third-order valence-corrected chi connectivity index (χ3v) is 3.31. The molecule has 1 amide bonds. The van der Waals surface area contributed by atoms with Crippen LogP contribution >= 0.6 is 0 Å². The summed E-state index contributed by atoms with van der Waals surface area (Å²) >= 11 is 0. The molecule has 2 rings (SSSR count). The van der Waals surface area contributed by atoms with Gasteiger partial charge in [-0.3, -0.25) is 4.79 Å². The van der Waals surface area contributed by atoms with Crippen LogP contribution in [0.15, 0.2) is 48.5 Å². The summed E-state index contributed by atoms with van der Waals surface area (Å²) in [5, 5.41) is 12.3. The zero-order valence-corrected chi connectivity index (χ0v) is 12.7. The summed E-state index contributed by atoms with van der Waals surface area (Å²) in [6, 6.07) is 14.6. The van der Waals surface area contributed by atoms with Gasteiger partial charge in [-0.05, 0) is 40.8 Å². The summed E-state index contributed by atoms with van der Waals surface area (Å²) in [5.41, 5.74) is 2.91. The minimum atomic E-state index is -0.0934. The predicted molar refractivity (Wildman–Crippen MR) is 85.6 cm³/mol. The van der Waals surface area contributed by atoms with Gasteiger partial charge in [-0.25, -0.2) is 0 Å². The van der Waals surface area contributed by atoms with E-state index in [-0.39, 0.29) is 23.5 Å². The number of rotatable bonds is 3. The number of hydrogen-bond donors (Lipinski definition) is 2. The molecule has 0 atom stereocenters. The van der Waals surface area contributed by atoms with Crippen molar-refractivity contribution in [3.63, 3.8) is 0 Å². The summed E-state index contributed by atoms with van der Waals surface area (Å²) in [4.78, 5) is 12.0. The first-order valence-electron chi connectivity index (χ1n) is 7.03. The lowest BCUT2D eigenvalue weighted by atomic mass is 9.87. The standard InChI is InChI=1S/C18H21NO2/c1-18(2,3)14-7-9-15(10-8-14)19-17(21)12-13-5-4-6-16(20)11-13/h4-11,20H,12H2,1-3H3,(H,19,21). The van der Waals surface area contributed by atoms with Crippen LogP contribution in [0.5, 0.6) is 5.75 Å². The smallest absolute Gasteiger partial charge is 0.228 e. The lowest BCUT2D eigenvalue weighted by Gasteiger charge is -2.19. The van der Waals surface area contributed by atoms with Gasteiger partial charge in [0, 0.05) is 5.69 Å². The minimum absolute atomic E-state index is 0.0934. The van der Waals surface area contributed by atoms with E-state index in [1.165, 1.54) is 5.56 Å². The van der Waals surface area contributed by atoms with E-state index < -0.39 is 0 Å². The van der Waals surface area contributed by atoms with Crippen LogP contribution in [-0.2, 0) is 16.6 Å². The highest BCUT2D eigenvalue weighted by atomic mass is 16.3. The molecule has 0 spiro atoms. The zero-order chi connectivity index (χ0) is 15.5. The van der Waals surface area contributed by atoms with E-state index in [0.29, 0.717) is 0 Å². The average Bonchev–Trinajstić information content (AvgIpc) is 2.38. The fraction of sp³-hybridized carbons (Fsp3) is 0.278. The van der Waals surface area contributed by atoms with Crippen molar-refractivity contribution >= 4 is 11.6 Å². The first-order chi connectivity index (χ1) is 9.84. The molecule has 0 unspecified atom stereocenters. The van der Waals surface area contributed by atoms with Crippen LogP contribution in [0.3, 0.4) is 0 Å². The molecule has 0 aromatic heterocycles. The van der Waals surface area contributed by atoms with E-state index in [2.05, 4.69) is 26.1 Å².